The molecular weight excluding hydrogens is 198 g/mol. The summed E-state index contributed by atoms with van der Waals surface area (Å²) in [6.45, 7) is 12.3. The van der Waals surface area contributed by atoms with Crippen molar-refractivity contribution in [3.8, 4) is 0 Å². The summed E-state index contributed by atoms with van der Waals surface area (Å²) >= 11 is 0. The first-order valence-corrected chi connectivity index (χ1v) is 6.77. The van der Waals surface area contributed by atoms with Gasteiger partial charge in [-0.25, -0.2) is 0 Å². The summed E-state index contributed by atoms with van der Waals surface area (Å²) in [5, 5.41) is 3.69. The van der Waals surface area contributed by atoms with Gasteiger partial charge in [-0.3, -0.25) is 0 Å². The molecule has 3 nitrogen and oxygen atoms in total. The molecule has 0 radical (unpaired) electrons. The van der Waals surface area contributed by atoms with E-state index >= 15 is 0 Å². The van der Waals surface area contributed by atoms with Gasteiger partial charge < -0.3 is 16.0 Å². The van der Waals surface area contributed by atoms with Crippen LogP contribution in [0.3, 0.4) is 0 Å². The smallest absolute Gasteiger partial charge is 0.0198 e. The van der Waals surface area contributed by atoms with E-state index in [0.717, 1.165) is 31.5 Å². The first-order chi connectivity index (χ1) is 7.61. The fraction of sp³-hybridized carbons (Fsp3) is 1.00. The van der Waals surface area contributed by atoms with Gasteiger partial charge in [0.2, 0.25) is 0 Å². The summed E-state index contributed by atoms with van der Waals surface area (Å²) < 4.78 is 0. The third-order valence-corrected chi connectivity index (χ3v) is 3.34. The third-order valence-electron chi connectivity index (χ3n) is 3.34. The molecule has 16 heavy (non-hydrogen) atoms. The van der Waals surface area contributed by atoms with E-state index in [1.807, 2.05) is 0 Å². The molecule has 0 aromatic rings. The van der Waals surface area contributed by atoms with Gasteiger partial charge in [0, 0.05) is 32.2 Å². The fourth-order valence-corrected chi connectivity index (χ4v) is 2.55. The number of rotatable bonds is 6. The molecule has 2 unspecified atom stereocenters. The molecule has 0 aromatic heterocycles. The van der Waals surface area contributed by atoms with Crippen LogP contribution >= 0.6 is 0 Å². The van der Waals surface area contributed by atoms with Crippen molar-refractivity contribution in [3.63, 3.8) is 0 Å². The standard InChI is InChI=1S/C13H29N3/c1-11(2)4-6-15-13-8-12(3)9-16(10-13)7-5-14/h11-13,15H,4-10,14H2,1-3H3. The van der Waals surface area contributed by atoms with Crippen molar-refractivity contribution >= 4 is 0 Å². The average molecular weight is 227 g/mol. The molecular formula is C13H29N3. The van der Waals surface area contributed by atoms with E-state index in [2.05, 4.69) is 31.0 Å². The zero-order valence-electron chi connectivity index (χ0n) is 11.2. The van der Waals surface area contributed by atoms with Crippen LogP contribution < -0.4 is 11.1 Å². The Morgan fingerprint density at radius 2 is 2.12 bits per heavy atom. The monoisotopic (exact) mass is 227 g/mol. The summed E-state index contributed by atoms with van der Waals surface area (Å²) in [6.07, 6.45) is 2.60. The van der Waals surface area contributed by atoms with Crippen molar-refractivity contribution < 1.29 is 0 Å². The quantitative estimate of drug-likeness (QED) is 0.718. The van der Waals surface area contributed by atoms with Crippen molar-refractivity contribution in [1.29, 1.82) is 0 Å². The lowest BCUT2D eigenvalue weighted by Crippen LogP contribution is -2.50. The molecule has 96 valence electrons. The van der Waals surface area contributed by atoms with Crippen molar-refractivity contribution in [3.05, 3.63) is 0 Å². The van der Waals surface area contributed by atoms with Crippen LogP contribution in [0, 0.1) is 11.8 Å². The van der Waals surface area contributed by atoms with Crippen LogP contribution in [0.4, 0.5) is 0 Å². The van der Waals surface area contributed by atoms with E-state index < -0.39 is 0 Å². The first-order valence-electron chi connectivity index (χ1n) is 6.77. The maximum Gasteiger partial charge on any atom is 0.0198 e. The van der Waals surface area contributed by atoms with E-state index in [1.54, 1.807) is 0 Å². The zero-order valence-corrected chi connectivity index (χ0v) is 11.2. The number of hydrogen-bond acceptors (Lipinski definition) is 3. The Balaban J connectivity index is 2.24. The Bertz CT molecular complexity index is 182. The Morgan fingerprint density at radius 1 is 1.38 bits per heavy atom. The molecule has 0 spiro atoms. The maximum atomic E-state index is 5.63. The highest BCUT2D eigenvalue weighted by Gasteiger charge is 2.23. The number of nitrogens with zero attached hydrogens (tertiary/aromatic N) is 1. The fourth-order valence-electron chi connectivity index (χ4n) is 2.55. The molecule has 3 heteroatoms. The Labute approximate surface area is 101 Å². The topological polar surface area (TPSA) is 41.3 Å². The van der Waals surface area contributed by atoms with Crippen molar-refractivity contribution in [2.45, 2.75) is 39.7 Å². The van der Waals surface area contributed by atoms with E-state index in [0.29, 0.717) is 6.04 Å². The summed E-state index contributed by atoms with van der Waals surface area (Å²) in [5.74, 6) is 1.60. The van der Waals surface area contributed by atoms with E-state index in [4.69, 9.17) is 5.73 Å². The number of nitrogens with two attached hydrogens (primary N) is 1. The van der Waals surface area contributed by atoms with Gasteiger partial charge in [-0.15, -0.1) is 0 Å². The molecule has 0 saturated carbocycles. The SMILES string of the molecule is CC(C)CCNC1CC(C)CN(CCN)C1. The molecule has 2 atom stereocenters. The Morgan fingerprint density at radius 3 is 2.75 bits per heavy atom. The lowest BCUT2D eigenvalue weighted by molar-refractivity contribution is 0.152. The largest absolute Gasteiger partial charge is 0.329 e. The predicted molar refractivity (Wildman–Crippen MR) is 70.5 cm³/mol. The minimum Gasteiger partial charge on any atom is -0.329 e. The number of piperidine rings is 1. The van der Waals surface area contributed by atoms with E-state index in [1.165, 1.54) is 25.9 Å². The second-order valence-corrected chi connectivity index (χ2v) is 5.72. The molecule has 0 bridgehead atoms. The molecule has 0 aliphatic carbocycles. The van der Waals surface area contributed by atoms with Crippen LogP contribution in [-0.4, -0.2) is 43.7 Å². The summed E-state index contributed by atoms with van der Waals surface area (Å²) in [7, 11) is 0. The lowest BCUT2D eigenvalue weighted by Gasteiger charge is -2.36. The third kappa shape index (κ3) is 5.28. The molecule has 1 aliphatic rings. The molecule has 3 N–H and O–H groups in total. The van der Waals surface area contributed by atoms with Gasteiger partial charge in [0.1, 0.15) is 0 Å². The minimum absolute atomic E-state index is 0.675. The summed E-state index contributed by atoms with van der Waals surface area (Å²) in [4.78, 5) is 2.50. The number of likely N-dealkylation sites (tertiary alicyclic amines) is 1. The van der Waals surface area contributed by atoms with Gasteiger partial charge >= 0.3 is 0 Å². The zero-order chi connectivity index (χ0) is 12.0. The highest BCUT2D eigenvalue weighted by atomic mass is 15.2. The van der Waals surface area contributed by atoms with E-state index in [9.17, 15) is 0 Å². The second-order valence-electron chi connectivity index (χ2n) is 5.72. The van der Waals surface area contributed by atoms with Crippen LogP contribution in [0.5, 0.6) is 0 Å². The summed E-state index contributed by atoms with van der Waals surface area (Å²) in [5.41, 5.74) is 5.63. The molecule has 1 fully saturated rings. The number of nitrogens with one attached hydrogen (secondary N) is 1. The van der Waals surface area contributed by atoms with Gasteiger partial charge in [-0.05, 0) is 31.2 Å². The lowest BCUT2D eigenvalue weighted by atomic mass is 9.95. The molecule has 0 aromatic carbocycles. The molecule has 1 rings (SSSR count). The highest BCUT2D eigenvalue weighted by molar-refractivity contribution is 4.81. The average Bonchev–Trinajstić information content (AvgIpc) is 2.16. The normalized spacial score (nSPS) is 27.6. The van der Waals surface area contributed by atoms with Crippen molar-refractivity contribution in [2.75, 3.05) is 32.7 Å². The van der Waals surface area contributed by atoms with Gasteiger partial charge in [0.25, 0.3) is 0 Å². The van der Waals surface area contributed by atoms with Gasteiger partial charge in [-0.2, -0.15) is 0 Å². The van der Waals surface area contributed by atoms with E-state index in [-0.39, 0.29) is 0 Å². The summed E-state index contributed by atoms with van der Waals surface area (Å²) in [6, 6.07) is 0.675. The van der Waals surface area contributed by atoms with Gasteiger partial charge in [-0.1, -0.05) is 20.8 Å². The molecule has 1 saturated heterocycles. The predicted octanol–water partition coefficient (Wildman–Crippen LogP) is 1.29. The van der Waals surface area contributed by atoms with Crippen LogP contribution in [0.25, 0.3) is 0 Å². The van der Waals surface area contributed by atoms with Gasteiger partial charge in [0.15, 0.2) is 0 Å². The van der Waals surface area contributed by atoms with Crippen LogP contribution in [0.2, 0.25) is 0 Å². The van der Waals surface area contributed by atoms with Crippen LogP contribution in [-0.2, 0) is 0 Å². The highest BCUT2D eigenvalue weighted by Crippen LogP contribution is 2.16. The first kappa shape index (κ1) is 13.9. The van der Waals surface area contributed by atoms with Crippen LogP contribution in [0.15, 0.2) is 0 Å². The minimum atomic E-state index is 0.675. The van der Waals surface area contributed by atoms with Crippen molar-refractivity contribution in [1.82, 2.24) is 10.2 Å². The second kappa shape index (κ2) is 7.25. The Kier molecular flexibility index (Phi) is 6.32. The molecule has 0 amide bonds. The molecule has 1 aliphatic heterocycles. The van der Waals surface area contributed by atoms with Gasteiger partial charge in [0.05, 0.1) is 0 Å². The molecule has 1 heterocycles. The Hall–Kier alpha value is -0.120. The number of hydrogen-bond donors (Lipinski definition) is 2. The van der Waals surface area contributed by atoms with Crippen molar-refractivity contribution in [2.24, 2.45) is 17.6 Å². The van der Waals surface area contributed by atoms with Crippen LogP contribution in [0.1, 0.15) is 33.6 Å². The maximum absolute atomic E-state index is 5.63.